The lowest BCUT2D eigenvalue weighted by Gasteiger charge is -2.39. The van der Waals surface area contributed by atoms with Crippen molar-refractivity contribution in [3.8, 4) is 11.5 Å². The van der Waals surface area contributed by atoms with Crippen LogP contribution in [0.1, 0.15) is 30.4 Å². The Labute approximate surface area is 106 Å². The Morgan fingerprint density at radius 2 is 1.68 bits per heavy atom. The summed E-state index contributed by atoms with van der Waals surface area (Å²) in [4.78, 5) is 11.3. The standard InChI is InChI=1S/C12H11F3O4/c13-12(14,15)7-5-9(17)8(16)4-6(7)11(10(18)19)2-1-3-11/h4-5,16-17H,1-3H2,(H,18,19). The van der Waals surface area contributed by atoms with Crippen LogP contribution < -0.4 is 0 Å². The van der Waals surface area contributed by atoms with Gasteiger partial charge in [-0.2, -0.15) is 13.2 Å². The molecule has 0 saturated heterocycles. The molecular weight excluding hydrogens is 265 g/mol. The number of carboxylic acids is 1. The number of phenolic OH excluding ortho intramolecular Hbond substituents is 2. The Morgan fingerprint density at radius 3 is 2.05 bits per heavy atom. The minimum absolute atomic E-state index is 0.0790. The zero-order valence-corrected chi connectivity index (χ0v) is 9.66. The van der Waals surface area contributed by atoms with Gasteiger partial charge in [0.2, 0.25) is 0 Å². The summed E-state index contributed by atoms with van der Waals surface area (Å²) in [5, 5.41) is 27.7. The zero-order valence-electron chi connectivity index (χ0n) is 9.66. The number of benzene rings is 1. The number of alkyl halides is 3. The fourth-order valence-corrected chi connectivity index (χ4v) is 2.34. The molecule has 0 heterocycles. The zero-order chi connectivity index (χ0) is 14.4. The molecule has 0 aliphatic heterocycles. The predicted octanol–water partition coefficient (Wildman–Crippen LogP) is 2.62. The Hall–Kier alpha value is -1.92. The summed E-state index contributed by atoms with van der Waals surface area (Å²) in [6.45, 7) is 0. The van der Waals surface area contributed by atoms with E-state index >= 15 is 0 Å². The van der Waals surface area contributed by atoms with Crippen molar-refractivity contribution in [3.05, 3.63) is 23.3 Å². The molecule has 0 spiro atoms. The molecule has 0 bridgehead atoms. The second-order valence-electron chi connectivity index (χ2n) is 4.63. The molecule has 1 saturated carbocycles. The first-order chi connectivity index (χ1) is 8.68. The first-order valence-electron chi connectivity index (χ1n) is 5.55. The summed E-state index contributed by atoms with van der Waals surface area (Å²) in [7, 11) is 0. The highest BCUT2D eigenvalue weighted by Crippen LogP contribution is 2.50. The maximum atomic E-state index is 12.9. The van der Waals surface area contributed by atoms with Crippen molar-refractivity contribution in [3.63, 3.8) is 0 Å². The van der Waals surface area contributed by atoms with Crippen molar-refractivity contribution in [2.45, 2.75) is 30.9 Å². The normalized spacial score (nSPS) is 17.8. The van der Waals surface area contributed by atoms with E-state index in [1.54, 1.807) is 0 Å². The maximum Gasteiger partial charge on any atom is 0.416 e. The van der Waals surface area contributed by atoms with Gasteiger partial charge in [-0.3, -0.25) is 4.79 Å². The van der Waals surface area contributed by atoms with Crippen LogP contribution in [-0.4, -0.2) is 21.3 Å². The van der Waals surface area contributed by atoms with Crippen LogP contribution in [0.25, 0.3) is 0 Å². The Bertz CT molecular complexity index is 533. The van der Waals surface area contributed by atoms with Crippen LogP contribution in [0.15, 0.2) is 12.1 Å². The third-order valence-corrected chi connectivity index (χ3v) is 3.55. The van der Waals surface area contributed by atoms with Gasteiger partial charge in [0.15, 0.2) is 11.5 Å². The molecule has 1 fully saturated rings. The van der Waals surface area contributed by atoms with Crippen LogP contribution in [0.3, 0.4) is 0 Å². The summed E-state index contributed by atoms with van der Waals surface area (Å²) in [5.74, 6) is -3.03. The predicted molar refractivity (Wildman–Crippen MR) is 57.9 cm³/mol. The summed E-state index contributed by atoms with van der Waals surface area (Å²) >= 11 is 0. The first kappa shape index (κ1) is 13.5. The quantitative estimate of drug-likeness (QED) is 0.726. The number of hydrogen-bond donors (Lipinski definition) is 3. The van der Waals surface area contributed by atoms with Crippen LogP contribution in [0.2, 0.25) is 0 Å². The van der Waals surface area contributed by atoms with Gasteiger partial charge in [0.1, 0.15) is 0 Å². The average molecular weight is 276 g/mol. The fourth-order valence-electron chi connectivity index (χ4n) is 2.34. The van der Waals surface area contributed by atoms with Crippen molar-refractivity contribution in [2.24, 2.45) is 0 Å². The summed E-state index contributed by atoms with van der Waals surface area (Å²) in [5.41, 5.74) is -3.34. The minimum atomic E-state index is -4.79. The third kappa shape index (κ3) is 1.98. The first-order valence-corrected chi connectivity index (χ1v) is 5.55. The van der Waals surface area contributed by atoms with Crippen molar-refractivity contribution in [1.82, 2.24) is 0 Å². The van der Waals surface area contributed by atoms with Gasteiger partial charge >= 0.3 is 12.1 Å². The van der Waals surface area contributed by atoms with E-state index < -0.39 is 40.2 Å². The number of halogens is 3. The molecule has 1 aromatic carbocycles. The van der Waals surface area contributed by atoms with Gasteiger partial charge in [-0.25, -0.2) is 0 Å². The van der Waals surface area contributed by atoms with Crippen molar-refractivity contribution < 1.29 is 33.3 Å². The Balaban J connectivity index is 2.68. The number of carboxylic acid groups (broad SMARTS) is 1. The van der Waals surface area contributed by atoms with E-state index in [-0.39, 0.29) is 12.8 Å². The van der Waals surface area contributed by atoms with Gasteiger partial charge in [0.25, 0.3) is 0 Å². The molecule has 7 heteroatoms. The lowest BCUT2D eigenvalue weighted by Crippen LogP contribution is -2.43. The minimum Gasteiger partial charge on any atom is -0.504 e. The Morgan fingerprint density at radius 1 is 1.16 bits per heavy atom. The Kier molecular flexibility index (Phi) is 2.87. The van der Waals surface area contributed by atoms with E-state index in [0.717, 1.165) is 0 Å². The van der Waals surface area contributed by atoms with Crippen molar-refractivity contribution in [1.29, 1.82) is 0 Å². The number of rotatable bonds is 2. The number of hydrogen-bond acceptors (Lipinski definition) is 3. The molecule has 1 aliphatic carbocycles. The highest BCUT2D eigenvalue weighted by Gasteiger charge is 2.51. The van der Waals surface area contributed by atoms with Crippen LogP contribution in [-0.2, 0) is 16.4 Å². The lowest BCUT2D eigenvalue weighted by molar-refractivity contribution is -0.149. The smallest absolute Gasteiger partial charge is 0.416 e. The lowest BCUT2D eigenvalue weighted by atomic mass is 9.63. The number of phenols is 2. The molecule has 2 rings (SSSR count). The summed E-state index contributed by atoms with van der Waals surface area (Å²) in [6, 6.07) is 1.07. The van der Waals surface area contributed by atoms with E-state index in [4.69, 9.17) is 0 Å². The van der Waals surface area contributed by atoms with Gasteiger partial charge in [-0.05, 0) is 30.5 Å². The number of aliphatic carboxylic acids is 1. The SMILES string of the molecule is O=C(O)C1(c2cc(O)c(O)cc2C(F)(F)F)CCC1. The monoisotopic (exact) mass is 276 g/mol. The molecule has 0 unspecified atom stereocenters. The van der Waals surface area contributed by atoms with Gasteiger partial charge in [-0.15, -0.1) is 0 Å². The van der Waals surface area contributed by atoms with Crippen LogP contribution in [0.4, 0.5) is 13.2 Å². The van der Waals surface area contributed by atoms with E-state index in [1.807, 2.05) is 0 Å². The third-order valence-electron chi connectivity index (χ3n) is 3.55. The summed E-state index contributed by atoms with van der Waals surface area (Å²) < 4.78 is 38.8. The molecule has 1 aliphatic rings. The second kappa shape index (κ2) is 4.04. The molecule has 4 nitrogen and oxygen atoms in total. The second-order valence-corrected chi connectivity index (χ2v) is 4.63. The van der Waals surface area contributed by atoms with Gasteiger partial charge < -0.3 is 15.3 Å². The van der Waals surface area contributed by atoms with Crippen LogP contribution in [0.5, 0.6) is 11.5 Å². The number of aromatic hydroxyl groups is 2. The topological polar surface area (TPSA) is 77.8 Å². The van der Waals surface area contributed by atoms with E-state index in [1.165, 1.54) is 0 Å². The molecule has 1 aromatic rings. The fraction of sp³-hybridized carbons (Fsp3) is 0.417. The molecule has 0 radical (unpaired) electrons. The molecule has 104 valence electrons. The molecule has 0 aromatic heterocycles. The van der Waals surface area contributed by atoms with Gasteiger partial charge in [-0.1, -0.05) is 6.42 Å². The van der Waals surface area contributed by atoms with E-state index in [9.17, 15) is 33.3 Å². The molecule has 0 atom stereocenters. The molecular formula is C12H11F3O4. The van der Waals surface area contributed by atoms with Crippen LogP contribution >= 0.6 is 0 Å². The highest BCUT2D eigenvalue weighted by molar-refractivity contribution is 5.83. The molecule has 0 amide bonds. The summed E-state index contributed by atoms with van der Waals surface area (Å²) in [6.07, 6.45) is -4.13. The molecule has 3 N–H and O–H groups in total. The van der Waals surface area contributed by atoms with Crippen molar-refractivity contribution in [2.75, 3.05) is 0 Å². The van der Waals surface area contributed by atoms with Crippen molar-refractivity contribution >= 4 is 5.97 Å². The highest BCUT2D eigenvalue weighted by atomic mass is 19.4. The van der Waals surface area contributed by atoms with E-state index in [2.05, 4.69) is 0 Å². The number of carbonyl (C=O) groups is 1. The maximum absolute atomic E-state index is 12.9. The van der Waals surface area contributed by atoms with Crippen LogP contribution in [0, 0.1) is 0 Å². The molecule has 19 heavy (non-hydrogen) atoms. The average Bonchev–Trinajstić information content (AvgIpc) is 2.18. The van der Waals surface area contributed by atoms with E-state index in [0.29, 0.717) is 18.6 Å². The van der Waals surface area contributed by atoms with Gasteiger partial charge in [0, 0.05) is 0 Å². The van der Waals surface area contributed by atoms with Gasteiger partial charge in [0.05, 0.1) is 11.0 Å². The largest absolute Gasteiger partial charge is 0.504 e.